The summed E-state index contributed by atoms with van der Waals surface area (Å²) >= 11 is 10.9. The van der Waals surface area contributed by atoms with Gasteiger partial charge in [-0.1, -0.05) is 12.1 Å². The lowest BCUT2D eigenvalue weighted by Gasteiger charge is -1.81. The summed E-state index contributed by atoms with van der Waals surface area (Å²) < 4.78 is 0. The number of rotatable bonds is 0. The van der Waals surface area contributed by atoms with E-state index in [9.17, 15) is 0 Å². The van der Waals surface area contributed by atoms with Gasteiger partial charge in [-0.2, -0.15) is 0 Å². The molecule has 1 N–H and O–H groups in total. The number of halogens is 2. The van der Waals surface area contributed by atoms with E-state index in [0.29, 0.717) is 10.6 Å². The number of hydrogen-bond acceptors (Lipinski definition) is 3. The van der Waals surface area contributed by atoms with Crippen molar-refractivity contribution in [1.29, 1.82) is 0 Å². The van der Waals surface area contributed by atoms with E-state index in [2.05, 4.69) is 19.9 Å². The molecule has 0 aliphatic rings. The molecule has 0 aliphatic heterocycles. The SMILES string of the molecule is Clc1nc2ccccc2[nH]1.Clc1ncccn1. The van der Waals surface area contributed by atoms with Crippen LogP contribution in [-0.4, -0.2) is 19.9 Å². The molecule has 0 aliphatic carbocycles. The van der Waals surface area contributed by atoms with Gasteiger partial charge >= 0.3 is 0 Å². The molecule has 0 atom stereocenters. The van der Waals surface area contributed by atoms with Crippen LogP contribution in [0, 0.1) is 0 Å². The summed E-state index contributed by atoms with van der Waals surface area (Å²) in [5.74, 6) is 0. The van der Waals surface area contributed by atoms with Crippen LogP contribution in [0.15, 0.2) is 42.7 Å². The second kappa shape index (κ2) is 5.61. The summed E-state index contributed by atoms with van der Waals surface area (Å²) in [6, 6.07) is 9.44. The van der Waals surface area contributed by atoms with Crippen molar-refractivity contribution in [2.75, 3.05) is 0 Å². The number of hydrogen-bond donors (Lipinski definition) is 1. The number of para-hydroxylation sites is 2. The first-order valence-electron chi connectivity index (χ1n) is 4.78. The van der Waals surface area contributed by atoms with Gasteiger partial charge in [-0.15, -0.1) is 0 Å². The first-order valence-corrected chi connectivity index (χ1v) is 5.54. The van der Waals surface area contributed by atoms with Gasteiger partial charge in [0.1, 0.15) is 0 Å². The lowest BCUT2D eigenvalue weighted by Crippen LogP contribution is -1.73. The minimum Gasteiger partial charge on any atom is -0.329 e. The average Bonchev–Trinajstić information content (AvgIpc) is 2.71. The third kappa shape index (κ3) is 3.41. The van der Waals surface area contributed by atoms with Crippen LogP contribution >= 0.6 is 23.2 Å². The average molecular weight is 267 g/mol. The molecule has 0 saturated heterocycles. The summed E-state index contributed by atoms with van der Waals surface area (Å²) in [4.78, 5) is 14.2. The van der Waals surface area contributed by atoms with E-state index in [1.165, 1.54) is 0 Å². The van der Waals surface area contributed by atoms with Crippen LogP contribution in [0.4, 0.5) is 0 Å². The fraction of sp³-hybridized carbons (Fsp3) is 0. The molecular weight excluding hydrogens is 259 g/mol. The van der Waals surface area contributed by atoms with Gasteiger partial charge < -0.3 is 4.98 Å². The highest BCUT2D eigenvalue weighted by atomic mass is 35.5. The molecule has 0 radical (unpaired) electrons. The van der Waals surface area contributed by atoms with Crippen LogP contribution in [-0.2, 0) is 0 Å². The zero-order chi connectivity index (χ0) is 12.1. The molecular formula is C11H8Cl2N4. The first-order chi connectivity index (χ1) is 8.25. The van der Waals surface area contributed by atoms with E-state index < -0.39 is 0 Å². The second-order valence-corrected chi connectivity index (χ2v) is 3.76. The topological polar surface area (TPSA) is 54.5 Å². The highest BCUT2D eigenvalue weighted by molar-refractivity contribution is 6.29. The Morgan fingerprint density at radius 3 is 2.24 bits per heavy atom. The number of aromatic amines is 1. The third-order valence-electron chi connectivity index (χ3n) is 1.89. The molecule has 6 heteroatoms. The molecule has 17 heavy (non-hydrogen) atoms. The zero-order valence-electron chi connectivity index (χ0n) is 8.64. The van der Waals surface area contributed by atoms with E-state index in [1.807, 2.05) is 24.3 Å². The number of nitrogens with zero attached hydrogens (tertiary/aromatic N) is 3. The van der Waals surface area contributed by atoms with Gasteiger partial charge in [0.15, 0.2) is 0 Å². The molecule has 0 spiro atoms. The number of nitrogens with one attached hydrogen (secondary N) is 1. The van der Waals surface area contributed by atoms with Crippen LogP contribution in [0.2, 0.25) is 10.6 Å². The van der Waals surface area contributed by atoms with Crippen molar-refractivity contribution in [3.05, 3.63) is 53.3 Å². The standard InChI is InChI=1S/C7H5ClN2.C4H3ClN2/c8-7-9-5-3-1-2-4-6(5)10-7;5-4-6-2-1-3-7-4/h1-4H,(H,9,10);1-3H. The quantitative estimate of drug-likeness (QED) is 0.635. The maximum Gasteiger partial charge on any atom is 0.222 e. The molecule has 86 valence electrons. The first kappa shape index (κ1) is 11.8. The monoisotopic (exact) mass is 266 g/mol. The predicted molar refractivity (Wildman–Crippen MR) is 68.1 cm³/mol. The van der Waals surface area contributed by atoms with E-state index in [1.54, 1.807) is 18.5 Å². The van der Waals surface area contributed by atoms with Crippen molar-refractivity contribution in [2.24, 2.45) is 0 Å². The molecule has 0 unspecified atom stereocenters. The Morgan fingerprint density at radius 1 is 0.941 bits per heavy atom. The molecule has 0 amide bonds. The van der Waals surface area contributed by atoms with Gasteiger partial charge in [-0.05, 0) is 41.4 Å². The van der Waals surface area contributed by atoms with Crippen molar-refractivity contribution in [3.8, 4) is 0 Å². The van der Waals surface area contributed by atoms with Crippen LogP contribution < -0.4 is 0 Å². The van der Waals surface area contributed by atoms with Crippen molar-refractivity contribution < 1.29 is 0 Å². The highest BCUT2D eigenvalue weighted by Crippen LogP contribution is 2.12. The largest absolute Gasteiger partial charge is 0.329 e. The molecule has 3 aromatic rings. The molecule has 0 saturated carbocycles. The van der Waals surface area contributed by atoms with E-state index in [4.69, 9.17) is 23.2 Å². The summed E-state index contributed by atoms with van der Waals surface area (Å²) in [5, 5.41) is 0.740. The van der Waals surface area contributed by atoms with Crippen molar-refractivity contribution in [2.45, 2.75) is 0 Å². The Labute approximate surface area is 108 Å². The minimum atomic E-state index is 0.294. The molecule has 3 rings (SSSR count). The molecule has 0 fully saturated rings. The number of benzene rings is 1. The number of imidazole rings is 1. The number of aromatic nitrogens is 4. The third-order valence-corrected chi connectivity index (χ3v) is 2.27. The zero-order valence-corrected chi connectivity index (χ0v) is 10.2. The second-order valence-electron chi connectivity index (χ2n) is 3.06. The molecule has 0 bridgehead atoms. The summed E-state index contributed by atoms with van der Waals surface area (Å²) in [6.07, 6.45) is 3.19. The van der Waals surface area contributed by atoms with E-state index in [0.717, 1.165) is 11.0 Å². The fourth-order valence-electron chi connectivity index (χ4n) is 1.20. The Balaban J connectivity index is 0.000000136. The van der Waals surface area contributed by atoms with Crippen LogP contribution in [0.25, 0.3) is 11.0 Å². The van der Waals surface area contributed by atoms with Crippen molar-refractivity contribution >= 4 is 34.2 Å². The molecule has 2 heterocycles. The lowest BCUT2D eigenvalue weighted by molar-refractivity contribution is 1.17. The van der Waals surface area contributed by atoms with Gasteiger partial charge in [-0.3, -0.25) is 0 Å². The maximum atomic E-state index is 5.62. The minimum absolute atomic E-state index is 0.294. The van der Waals surface area contributed by atoms with E-state index in [-0.39, 0.29) is 0 Å². The van der Waals surface area contributed by atoms with Crippen LogP contribution in [0.1, 0.15) is 0 Å². The van der Waals surface area contributed by atoms with Gasteiger partial charge in [0, 0.05) is 12.4 Å². The van der Waals surface area contributed by atoms with Crippen LogP contribution in [0.5, 0.6) is 0 Å². The normalized spacial score (nSPS) is 9.76. The Morgan fingerprint density at radius 2 is 1.65 bits per heavy atom. The summed E-state index contributed by atoms with van der Waals surface area (Å²) in [5.41, 5.74) is 1.89. The van der Waals surface area contributed by atoms with Crippen molar-refractivity contribution in [1.82, 2.24) is 19.9 Å². The molecule has 4 nitrogen and oxygen atoms in total. The predicted octanol–water partition coefficient (Wildman–Crippen LogP) is 3.35. The summed E-state index contributed by atoms with van der Waals surface area (Å²) in [7, 11) is 0. The van der Waals surface area contributed by atoms with Crippen molar-refractivity contribution in [3.63, 3.8) is 0 Å². The Kier molecular flexibility index (Phi) is 3.90. The number of fused-ring (bicyclic) bond motifs is 1. The smallest absolute Gasteiger partial charge is 0.222 e. The number of H-pyrrole nitrogens is 1. The van der Waals surface area contributed by atoms with Gasteiger partial charge in [0.25, 0.3) is 0 Å². The Hall–Kier alpha value is -1.65. The lowest BCUT2D eigenvalue weighted by atomic mass is 10.3. The summed E-state index contributed by atoms with van der Waals surface area (Å²) in [6.45, 7) is 0. The van der Waals surface area contributed by atoms with Crippen LogP contribution in [0.3, 0.4) is 0 Å². The Bertz CT molecular complexity index is 561. The maximum absolute atomic E-state index is 5.62. The molecule has 1 aromatic carbocycles. The highest BCUT2D eigenvalue weighted by Gasteiger charge is 1.95. The fourth-order valence-corrected chi connectivity index (χ4v) is 1.51. The molecule has 2 aromatic heterocycles. The van der Waals surface area contributed by atoms with E-state index >= 15 is 0 Å². The van der Waals surface area contributed by atoms with Gasteiger partial charge in [0.05, 0.1) is 11.0 Å². The van der Waals surface area contributed by atoms with Gasteiger partial charge in [-0.25, -0.2) is 15.0 Å². The van der Waals surface area contributed by atoms with Gasteiger partial charge in [0.2, 0.25) is 10.6 Å².